The molecule has 0 rings (SSSR count). The van der Waals surface area contributed by atoms with Crippen molar-refractivity contribution in [2.24, 2.45) is 0 Å². The van der Waals surface area contributed by atoms with Crippen LogP contribution in [0.25, 0.3) is 0 Å². The van der Waals surface area contributed by atoms with Crippen LogP contribution in [0.2, 0.25) is 0 Å². The number of likely N-dealkylation sites (N-methyl/N-ethyl adjacent to an activating group) is 1. The van der Waals surface area contributed by atoms with Crippen molar-refractivity contribution in [2.45, 2.75) is 322 Å². The molecule has 0 spiro atoms. The molecule has 9 nitrogen and oxygen atoms in total. The van der Waals surface area contributed by atoms with Crippen LogP contribution in [0.5, 0.6) is 0 Å². The number of hydrogen-bond acceptors (Lipinski definition) is 7. The summed E-state index contributed by atoms with van der Waals surface area (Å²) in [6.07, 6.45) is 112. The van der Waals surface area contributed by atoms with Gasteiger partial charge in [-0.3, -0.25) is 9.59 Å². The molecule has 0 amide bonds. The Balaban J connectivity index is 4.09. The Kier molecular flexibility index (Phi) is 72.2. The summed E-state index contributed by atoms with van der Waals surface area (Å²) in [6, 6.07) is 0. The van der Waals surface area contributed by atoms with Crippen LogP contribution >= 0.6 is 0 Å². The van der Waals surface area contributed by atoms with E-state index in [2.05, 4.69) is 184 Å². The molecule has 0 bridgehead atoms. The fraction of sp³-hybridized carbons (Fsp3) is 0.648. The molecule has 0 aliphatic heterocycles. The molecule has 0 saturated carbocycles. The van der Waals surface area contributed by atoms with Gasteiger partial charge in [0, 0.05) is 12.8 Å². The third-order valence-corrected chi connectivity index (χ3v) is 16.5. The molecule has 0 aromatic carbocycles. The summed E-state index contributed by atoms with van der Waals surface area (Å²) < 4.78 is 23.0. The number of carboxylic acids is 1. The highest BCUT2D eigenvalue weighted by Gasteiger charge is 2.25. The molecule has 0 aromatic heterocycles. The third kappa shape index (κ3) is 77.9. The van der Waals surface area contributed by atoms with Gasteiger partial charge < -0.3 is 28.5 Å². The summed E-state index contributed by atoms with van der Waals surface area (Å²) in [5, 5.41) is 9.77. The predicted octanol–water partition coefficient (Wildman–Crippen LogP) is 25.4. The van der Waals surface area contributed by atoms with E-state index in [1.165, 1.54) is 148 Å². The van der Waals surface area contributed by atoms with Gasteiger partial charge >= 0.3 is 17.9 Å². The summed E-state index contributed by atoms with van der Waals surface area (Å²) in [5.41, 5.74) is 0. The number of carboxylic acid groups (broad SMARTS) is 1. The van der Waals surface area contributed by atoms with Gasteiger partial charge in [-0.05, 0) is 128 Å². The highest BCUT2D eigenvalue weighted by atomic mass is 16.7. The van der Waals surface area contributed by atoms with E-state index in [1.807, 2.05) is 21.1 Å². The number of nitrogens with zero attached hydrogens (tertiary/aromatic N) is 1. The molecule has 9 heteroatoms. The van der Waals surface area contributed by atoms with Gasteiger partial charge in [-0.15, -0.1) is 0 Å². The molecule has 2 atom stereocenters. The molecule has 0 aliphatic rings. The Labute approximate surface area is 597 Å². The summed E-state index contributed by atoms with van der Waals surface area (Å²) in [5.74, 6) is -2.01. The maximum absolute atomic E-state index is 13.0. The molecule has 550 valence electrons. The zero-order valence-corrected chi connectivity index (χ0v) is 62.9. The average molecular weight is 1350 g/mol. The highest BCUT2D eigenvalue weighted by molar-refractivity contribution is 5.71. The van der Waals surface area contributed by atoms with Gasteiger partial charge in [0.25, 0.3) is 6.29 Å². The minimum Gasteiger partial charge on any atom is -0.477 e. The summed E-state index contributed by atoms with van der Waals surface area (Å²) in [7, 11) is 5.98. The van der Waals surface area contributed by atoms with Crippen LogP contribution in [0.15, 0.2) is 170 Å². The maximum atomic E-state index is 13.0. The van der Waals surface area contributed by atoms with Gasteiger partial charge in [-0.1, -0.05) is 338 Å². The number of carbonyl (C=O) groups is 3. The maximum Gasteiger partial charge on any atom is 0.361 e. The first-order valence-electron chi connectivity index (χ1n) is 39.3. The molecule has 97 heavy (non-hydrogen) atoms. The number of esters is 2. The number of allylic oxidation sites excluding steroid dienone is 28. The smallest absolute Gasteiger partial charge is 0.361 e. The second-order valence-electron chi connectivity index (χ2n) is 26.9. The first-order valence-corrected chi connectivity index (χ1v) is 39.3. The molecule has 1 N–H and O–H groups in total. The number of ether oxygens (including phenoxy) is 4. The second kappa shape index (κ2) is 76.4. The third-order valence-electron chi connectivity index (χ3n) is 16.5. The standard InChI is InChI=1S/C88H145NO8/c1-6-8-10-12-14-16-18-20-22-24-26-28-30-32-34-36-38-39-40-41-42-43-44-45-46-47-49-51-53-55-57-59-61-63-65-67-69-71-73-75-77-79-86(91)97-84(83-96-88(87(92)93)94-81-80-89(3,4)5)82-95-85(90)78-76-74-72-70-68-66-64-62-60-58-56-54-52-50-48-37-35-33-31-29-27-25-23-21-19-17-15-13-11-9-7-2/h8-11,14-17,20-23,26-29,32-35,38-39,41-42,44-45,47,49,84,88H,6-7,12-13,18-19,24-25,30-31,36-37,40,43,46,48,50-83H2,1-5H3/p+1/b10-8-,11-9-,16-14-,17-15-,22-20-,23-21-,28-26-,29-27-,34-32-,35-33-,39-38-,42-41-,45-44-,49-47-. The first-order chi connectivity index (χ1) is 47.6. The molecule has 2 unspecified atom stereocenters. The molecular formula is C88H146NO8+. The molecule has 0 fully saturated rings. The molecule has 0 aromatic rings. The van der Waals surface area contributed by atoms with Gasteiger partial charge in [0.1, 0.15) is 13.2 Å². The van der Waals surface area contributed by atoms with Crippen LogP contribution in [-0.2, 0) is 33.3 Å². The zero-order chi connectivity index (χ0) is 70.4. The van der Waals surface area contributed by atoms with Crippen molar-refractivity contribution in [3.8, 4) is 0 Å². The SMILES string of the molecule is CC/C=C\C/C=C\C/C=C\C/C=C\C/C=C\C/C=C\C/C=C\C/C=C\C/C=C\CCCCCCCCCCCCCCCC(=O)OC(COC(=O)CCCCCCCCCCCCCCCCC/C=C\C/C=C\C/C=C\C/C=C\C/C=C\CC)COC(OCC[N+](C)(C)C)C(=O)O. The zero-order valence-electron chi connectivity index (χ0n) is 62.9. The second-order valence-corrected chi connectivity index (χ2v) is 26.9. The van der Waals surface area contributed by atoms with Crippen LogP contribution in [0, 0.1) is 0 Å². The Hall–Kier alpha value is -5.35. The monoisotopic (exact) mass is 1350 g/mol. The number of aliphatic carboxylic acids is 1. The first kappa shape index (κ1) is 91.6. The van der Waals surface area contributed by atoms with E-state index < -0.39 is 24.3 Å². The van der Waals surface area contributed by atoms with Crippen LogP contribution in [0.3, 0.4) is 0 Å². The van der Waals surface area contributed by atoms with Gasteiger partial charge in [-0.2, -0.15) is 0 Å². The van der Waals surface area contributed by atoms with Crippen LogP contribution in [0.4, 0.5) is 0 Å². The van der Waals surface area contributed by atoms with Crippen LogP contribution in [0.1, 0.15) is 309 Å². The van der Waals surface area contributed by atoms with Gasteiger partial charge in [-0.25, -0.2) is 4.79 Å². The van der Waals surface area contributed by atoms with Crippen molar-refractivity contribution in [1.29, 1.82) is 0 Å². The average Bonchev–Trinajstić information content (AvgIpc) is 3.27. The largest absolute Gasteiger partial charge is 0.477 e. The van der Waals surface area contributed by atoms with E-state index in [1.54, 1.807) is 0 Å². The number of rotatable bonds is 71. The van der Waals surface area contributed by atoms with Gasteiger partial charge in [0.05, 0.1) is 34.4 Å². The fourth-order valence-corrected chi connectivity index (χ4v) is 10.6. The molecule has 0 saturated heterocycles. The molecule has 0 heterocycles. The van der Waals surface area contributed by atoms with Crippen molar-refractivity contribution in [3.05, 3.63) is 170 Å². The predicted molar refractivity (Wildman–Crippen MR) is 419 cm³/mol. The van der Waals surface area contributed by atoms with E-state index >= 15 is 0 Å². The topological polar surface area (TPSA) is 108 Å². The van der Waals surface area contributed by atoms with Gasteiger partial charge in [0.15, 0.2) is 6.10 Å². The Morgan fingerprint density at radius 2 is 0.557 bits per heavy atom. The van der Waals surface area contributed by atoms with E-state index in [-0.39, 0.29) is 32.2 Å². The van der Waals surface area contributed by atoms with Crippen molar-refractivity contribution in [1.82, 2.24) is 0 Å². The van der Waals surface area contributed by atoms with Crippen LogP contribution < -0.4 is 0 Å². The Bertz CT molecular complexity index is 2210. The van der Waals surface area contributed by atoms with Crippen molar-refractivity contribution in [3.63, 3.8) is 0 Å². The Morgan fingerprint density at radius 1 is 0.309 bits per heavy atom. The number of unbranched alkanes of at least 4 members (excludes halogenated alkanes) is 28. The van der Waals surface area contributed by atoms with Crippen LogP contribution in [-0.4, -0.2) is 87.4 Å². The lowest BCUT2D eigenvalue weighted by molar-refractivity contribution is -0.870. The highest BCUT2D eigenvalue weighted by Crippen LogP contribution is 2.17. The number of hydrogen-bond donors (Lipinski definition) is 1. The summed E-state index contributed by atoms with van der Waals surface area (Å²) >= 11 is 0. The van der Waals surface area contributed by atoms with Crippen molar-refractivity contribution in [2.75, 3.05) is 47.5 Å². The quantitative estimate of drug-likeness (QED) is 0.0211. The fourth-order valence-electron chi connectivity index (χ4n) is 10.6. The van der Waals surface area contributed by atoms with E-state index in [9.17, 15) is 19.5 Å². The van der Waals surface area contributed by atoms with Gasteiger partial charge in [0.2, 0.25) is 0 Å². The normalized spacial score (nSPS) is 13.6. The molecule has 0 radical (unpaired) electrons. The van der Waals surface area contributed by atoms with E-state index in [0.29, 0.717) is 23.9 Å². The molecule has 0 aliphatic carbocycles. The minimum absolute atomic E-state index is 0.181. The van der Waals surface area contributed by atoms with E-state index in [4.69, 9.17) is 18.9 Å². The summed E-state index contributed by atoms with van der Waals surface area (Å²) in [6.45, 7) is 4.66. The minimum atomic E-state index is -1.52. The lowest BCUT2D eigenvalue weighted by Crippen LogP contribution is -2.40. The van der Waals surface area contributed by atoms with Crippen molar-refractivity contribution < 1.29 is 42.9 Å². The Morgan fingerprint density at radius 3 is 0.825 bits per heavy atom. The van der Waals surface area contributed by atoms with E-state index in [0.717, 1.165) is 128 Å². The summed E-state index contributed by atoms with van der Waals surface area (Å²) in [4.78, 5) is 37.7. The number of quaternary nitrogens is 1. The lowest BCUT2D eigenvalue weighted by atomic mass is 10.0. The molecular weight excluding hydrogens is 1200 g/mol. The van der Waals surface area contributed by atoms with Crippen molar-refractivity contribution >= 4 is 17.9 Å². The number of carbonyl (C=O) groups excluding carboxylic acids is 2. The lowest BCUT2D eigenvalue weighted by Gasteiger charge is -2.25.